The summed E-state index contributed by atoms with van der Waals surface area (Å²) in [4.78, 5) is 35.1. The number of aliphatic imine (C=N–C) groups is 1. The highest BCUT2D eigenvalue weighted by Gasteiger charge is 2.37. The van der Waals surface area contributed by atoms with E-state index in [-0.39, 0.29) is 30.5 Å². The van der Waals surface area contributed by atoms with Crippen LogP contribution in [0.3, 0.4) is 0 Å². The zero-order chi connectivity index (χ0) is 19.9. The van der Waals surface area contributed by atoms with Gasteiger partial charge in [-0.05, 0) is 42.8 Å². The van der Waals surface area contributed by atoms with Crippen LogP contribution in [0.4, 0.5) is 0 Å². The zero-order valence-corrected chi connectivity index (χ0v) is 15.7. The standard InChI is InChI=1S/C20H20N6O2/c1-20(12-18(28)25(2)19(21)23-20)17-10-13(6-7-22-17)9-16(27)15-11-14-5-3-4-8-26(14)24-15/h3-8,10-11H,9,12H2,1-2H3,(H2,21,23). The Hall–Kier alpha value is -3.55. The second-order valence-electron chi connectivity index (χ2n) is 7.12. The lowest BCUT2D eigenvalue weighted by atomic mass is 9.90. The first kappa shape index (κ1) is 17.8. The molecule has 4 heterocycles. The van der Waals surface area contributed by atoms with Gasteiger partial charge in [0.1, 0.15) is 11.2 Å². The Bertz CT molecular complexity index is 1090. The highest BCUT2D eigenvalue weighted by molar-refractivity contribution is 5.99. The van der Waals surface area contributed by atoms with E-state index in [9.17, 15) is 9.59 Å². The minimum absolute atomic E-state index is 0.0894. The third-order valence-electron chi connectivity index (χ3n) is 4.97. The van der Waals surface area contributed by atoms with Crippen LogP contribution in [0.1, 0.15) is 35.1 Å². The lowest BCUT2D eigenvalue weighted by Gasteiger charge is -2.32. The van der Waals surface area contributed by atoms with Gasteiger partial charge in [0, 0.05) is 25.9 Å². The summed E-state index contributed by atoms with van der Waals surface area (Å²) in [6, 6.07) is 11.0. The zero-order valence-electron chi connectivity index (χ0n) is 15.7. The smallest absolute Gasteiger partial charge is 0.231 e. The van der Waals surface area contributed by atoms with Gasteiger partial charge in [0.05, 0.1) is 17.6 Å². The van der Waals surface area contributed by atoms with Gasteiger partial charge in [-0.1, -0.05) is 6.07 Å². The maximum Gasteiger partial charge on any atom is 0.231 e. The predicted molar refractivity (Wildman–Crippen MR) is 104 cm³/mol. The van der Waals surface area contributed by atoms with Crippen LogP contribution in [0.5, 0.6) is 0 Å². The van der Waals surface area contributed by atoms with Gasteiger partial charge in [0.25, 0.3) is 0 Å². The molecule has 3 aromatic heterocycles. The Morgan fingerprint density at radius 1 is 1.29 bits per heavy atom. The first-order chi connectivity index (χ1) is 13.4. The number of hydrogen-bond donors (Lipinski definition) is 1. The van der Waals surface area contributed by atoms with E-state index < -0.39 is 5.54 Å². The number of nitrogens with zero attached hydrogens (tertiary/aromatic N) is 5. The van der Waals surface area contributed by atoms with E-state index in [0.717, 1.165) is 11.1 Å². The van der Waals surface area contributed by atoms with Crippen LogP contribution in [0.15, 0.2) is 53.8 Å². The molecule has 1 aliphatic rings. The minimum Gasteiger partial charge on any atom is -0.369 e. The number of ketones is 1. The summed E-state index contributed by atoms with van der Waals surface area (Å²) in [6.45, 7) is 1.82. The van der Waals surface area contributed by atoms with Crippen molar-refractivity contribution in [2.75, 3.05) is 7.05 Å². The number of Topliss-reactive ketones (excluding diaryl/α,β-unsaturated/α-hetero) is 1. The highest BCUT2D eigenvalue weighted by Crippen LogP contribution is 2.32. The lowest BCUT2D eigenvalue weighted by molar-refractivity contribution is -0.128. The molecule has 0 saturated carbocycles. The molecule has 1 unspecified atom stereocenters. The summed E-state index contributed by atoms with van der Waals surface area (Å²) in [7, 11) is 1.60. The van der Waals surface area contributed by atoms with Crippen molar-refractivity contribution < 1.29 is 9.59 Å². The quantitative estimate of drug-likeness (QED) is 0.696. The largest absolute Gasteiger partial charge is 0.369 e. The fourth-order valence-corrected chi connectivity index (χ4v) is 3.29. The SMILES string of the molecule is CN1C(=O)CC(C)(c2cc(CC(=O)c3cc4ccccn4n3)ccn2)N=C1N. The van der Waals surface area contributed by atoms with E-state index in [2.05, 4.69) is 15.1 Å². The first-order valence-electron chi connectivity index (χ1n) is 8.91. The molecule has 8 heteroatoms. The van der Waals surface area contributed by atoms with Crippen molar-refractivity contribution in [1.29, 1.82) is 0 Å². The maximum absolute atomic E-state index is 12.7. The number of amides is 1. The van der Waals surface area contributed by atoms with Crippen molar-refractivity contribution in [2.24, 2.45) is 10.7 Å². The number of carbonyl (C=O) groups excluding carboxylic acids is 2. The van der Waals surface area contributed by atoms with Crippen molar-refractivity contribution in [2.45, 2.75) is 25.3 Å². The summed E-state index contributed by atoms with van der Waals surface area (Å²) >= 11 is 0. The summed E-state index contributed by atoms with van der Waals surface area (Å²) in [5.74, 6) is -0.0526. The molecule has 1 atom stereocenters. The van der Waals surface area contributed by atoms with Crippen molar-refractivity contribution in [3.63, 3.8) is 0 Å². The number of fused-ring (bicyclic) bond motifs is 1. The van der Waals surface area contributed by atoms with Gasteiger partial charge in [-0.15, -0.1) is 0 Å². The van der Waals surface area contributed by atoms with Gasteiger partial charge in [-0.25, -0.2) is 9.51 Å². The Morgan fingerprint density at radius 2 is 2.11 bits per heavy atom. The number of hydrogen-bond acceptors (Lipinski definition) is 6. The maximum atomic E-state index is 12.7. The Morgan fingerprint density at radius 3 is 2.86 bits per heavy atom. The van der Waals surface area contributed by atoms with E-state index in [1.54, 1.807) is 36.1 Å². The fraction of sp³-hybridized carbons (Fsp3) is 0.250. The number of rotatable bonds is 4. The average Bonchev–Trinajstić information content (AvgIpc) is 3.11. The molecule has 0 bridgehead atoms. The number of nitrogens with two attached hydrogens (primary N) is 1. The molecule has 2 N–H and O–H groups in total. The number of pyridine rings is 2. The molecule has 0 fully saturated rings. The Kier molecular flexibility index (Phi) is 4.18. The molecule has 0 radical (unpaired) electrons. The van der Waals surface area contributed by atoms with E-state index in [1.807, 2.05) is 31.2 Å². The summed E-state index contributed by atoms with van der Waals surface area (Å²) in [6.07, 6.45) is 3.78. The lowest BCUT2D eigenvalue weighted by Crippen LogP contribution is -2.47. The molecule has 1 aliphatic heterocycles. The summed E-state index contributed by atoms with van der Waals surface area (Å²) in [5.41, 5.74) is 7.69. The number of aromatic nitrogens is 3. The monoisotopic (exact) mass is 376 g/mol. The molecule has 3 aromatic rings. The minimum atomic E-state index is -0.851. The van der Waals surface area contributed by atoms with Crippen LogP contribution in [0.25, 0.3) is 5.52 Å². The van der Waals surface area contributed by atoms with Gasteiger partial charge in [-0.3, -0.25) is 19.5 Å². The van der Waals surface area contributed by atoms with Crippen LogP contribution in [-0.2, 0) is 16.8 Å². The van der Waals surface area contributed by atoms with E-state index in [4.69, 9.17) is 5.73 Å². The average molecular weight is 376 g/mol. The summed E-state index contributed by atoms with van der Waals surface area (Å²) in [5, 5.41) is 4.33. The first-order valence-corrected chi connectivity index (χ1v) is 8.91. The van der Waals surface area contributed by atoms with Crippen LogP contribution < -0.4 is 5.73 Å². The van der Waals surface area contributed by atoms with Crippen molar-refractivity contribution in [3.8, 4) is 0 Å². The van der Waals surface area contributed by atoms with Gasteiger partial charge >= 0.3 is 0 Å². The molecular weight excluding hydrogens is 356 g/mol. The topological polar surface area (TPSA) is 106 Å². The van der Waals surface area contributed by atoms with Crippen LogP contribution in [0.2, 0.25) is 0 Å². The molecule has 0 aliphatic carbocycles. The molecule has 142 valence electrons. The third-order valence-corrected chi connectivity index (χ3v) is 4.97. The number of guanidine groups is 1. The second-order valence-corrected chi connectivity index (χ2v) is 7.12. The fourth-order valence-electron chi connectivity index (χ4n) is 3.29. The molecule has 4 rings (SSSR count). The van der Waals surface area contributed by atoms with Crippen molar-refractivity contribution >= 4 is 23.2 Å². The molecular formula is C20H20N6O2. The van der Waals surface area contributed by atoms with Gasteiger partial charge in [-0.2, -0.15) is 5.10 Å². The number of carbonyl (C=O) groups is 2. The van der Waals surface area contributed by atoms with Gasteiger partial charge in [0.2, 0.25) is 5.91 Å². The van der Waals surface area contributed by atoms with E-state index in [1.165, 1.54) is 4.90 Å². The molecule has 8 nitrogen and oxygen atoms in total. The molecule has 0 spiro atoms. The predicted octanol–water partition coefficient (Wildman–Crippen LogP) is 1.55. The second kappa shape index (κ2) is 6.56. The van der Waals surface area contributed by atoms with Crippen LogP contribution in [0, 0.1) is 0 Å². The van der Waals surface area contributed by atoms with Crippen LogP contribution >= 0.6 is 0 Å². The molecule has 0 aromatic carbocycles. The summed E-state index contributed by atoms with van der Waals surface area (Å²) < 4.78 is 1.67. The van der Waals surface area contributed by atoms with Gasteiger partial charge in [0.15, 0.2) is 11.7 Å². The Balaban J connectivity index is 1.60. The van der Waals surface area contributed by atoms with E-state index in [0.29, 0.717) is 11.4 Å². The van der Waals surface area contributed by atoms with Crippen molar-refractivity contribution in [3.05, 3.63) is 65.7 Å². The molecule has 1 amide bonds. The third kappa shape index (κ3) is 3.13. The Labute approximate surface area is 161 Å². The van der Waals surface area contributed by atoms with Crippen LogP contribution in [-0.4, -0.2) is 44.2 Å². The van der Waals surface area contributed by atoms with Crippen molar-refractivity contribution in [1.82, 2.24) is 19.5 Å². The normalized spacial score (nSPS) is 19.7. The molecule has 0 saturated heterocycles. The molecule has 28 heavy (non-hydrogen) atoms. The van der Waals surface area contributed by atoms with E-state index >= 15 is 0 Å². The van der Waals surface area contributed by atoms with Gasteiger partial charge < -0.3 is 5.73 Å². The highest BCUT2D eigenvalue weighted by atomic mass is 16.2.